The zero-order valence-electron chi connectivity index (χ0n) is 8.44. The first-order valence-corrected chi connectivity index (χ1v) is 4.86. The van der Waals surface area contributed by atoms with Gasteiger partial charge in [0, 0.05) is 18.6 Å². The van der Waals surface area contributed by atoms with Crippen molar-refractivity contribution in [3.63, 3.8) is 0 Å². The molecule has 3 N–H and O–H groups in total. The minimum Gasteiger partial charge on any atom is -0.376 e. The lowest BCUT2D eigenvalue weighted by Gasteiger charge is -2.14. The van der Waals surface area contributed by atoms with Gasteiger partial charge in [0.2, 0.25) is 0 Å². The second-order valence-electron chi connectivity index (χ2n) is 3.92. The van der Waals surface area contributed by atoms with Crippen molar-refractivity contribution in [1.82, 2.24) is 5.32 Å². The van der Waals surface area contributed by atoms with Crippen LogP contribution in [0.25, 0.3) is 0 Å². The first-order chi connectivity index (χ1) is 6.18. The molecular weight excluding hydrogens is 164 g/mol. The highest BCUT2D eigenvalue weighted by Gasteiger charge is 2.40. The molecule has 76 valence electrons. The van der Waals surface area contributed by atoms with E-state index < -0.39 is 0 Å². The predicted octanol–water partition coefficient (Wildman–Crippen LogP) is 0.660. The number of hydrogen-bond acceptors (Lipinski definition) is 3. The van der Waals surface area contributed by atoms with Gasteiger partial charge in [0.05, 0.1) is 13.2 Å². The van der Waals surface area contributed by atoms with Gasteiger partial charge < -0.3 is 15.8 Å². The van der Waals surface area contributed by atoms with Crippen molar-refractivity contribution in [1.29, 1.82) is 0 Å². The van der Waals surface area contributed by atoms with E-state index >= 15 is 0 Å². The third kappa shape index (κ3) is 3.89. The third-order valence-electron chi connectivity index (χ3n) is 2.34. The lowest BCUT2D eigenvalue weighted by atomic mass is 10.3. The quantitative estimate of drug-likeness (QED) is 0.451. The first kappa shape index (κ1) is 10.7. The summed E-state index contributed by atoms with van der Waals surface area (Å²) in [6.07, 6.45) is 2.42. The second kappa shape index (κ2) is 4.74. The van der Waals surface area contributed by atoms with Gasteiger partial charge in [0.1, 0.15) is 0 Å². The smallest absolute Gasteiger partial charge is 0.0672 e. The summed E-state index contributed by atoms with van der Waals surface area (Å²) in [6.45, 7) is 8.78. The van der Waals surface area contributed by atoms with E-state index in [4.69, 9.17) is 10.5 Å². The van der Waals surface area contributed by atoms with Gasteiger partial charge in [-0.25, -0.2) is 0 Å². The molecule has 0 aromatic rings. The fraction of sp³-hybridized carbons (Fsp3) is 0.800. The number of ether oxygens (including phenoxy) is 1. The van der Waals surface area contributed by atoms with Crippen molar-refractivity contribution in [3.8, 4) is 0 Å². The van der Waals surface area contributed by atoms with Gasteiger partial charge in [0.15, 0.2) is 0 Å². The zero-order valence-corrected chi connectivity index (χ0v) is 8.44. The van der Waals surface area contributed by atoms with Crippen LogP contribution in [0.4, 0.5) is 0 Å². The van der Waals surface area contributed by atoms with Crippen LogP contribution in [0, 0.1) is 0 Å². The van der Waals surface area contributed by atoms with Crippen molar-refractivity contribution in [2.75, 3.05) is 26.3 Å². The Hall–Kier alpha value is -0.380. The van der Waals surface area contributed by atoms with Gasteiger partial charge in [-0.15, -0.1) is 0 Å². The van der Waals surface area contributed by atoms with E-state index in [0.717, 1.165) is 25.3 Å². The van der Waals surface area contributed by atoms with Crippen LogP contribution in [0.2, 0.25) is 0 Å². The van der Waals surface area contributed by atoms with Crippen molar-refractivity contribution < 1.29 is 4.74 Å². The summed E-state index contributed by atoms with van der Waals surface area (Å²) in [6, 6.07) is 0. The minimum absolute atomic E-state index is 0.257. The first-order valence-electron chi connectivity index (χ1n) is 4.86. The summed E-state index contributed by atoms with van der Waals surface area (Å²) in [5, 5.41) is 3.41. The molecule has 0 aromatic carbocycles. The van der Waals surface area contributed by atoms with Crippen molar-refractivity contribution in [2.24, 2.45) is 5.73 Å². The molecule has 0 spiro atoms. The van der Waals surface area contributed by atoms with Crippen LogP contribution in [0.5, 0.6) is 0 Å². The molecule has 1 rings (SSSR count). The predicted molar refractivity (Wildman–Crippen MR) is 54.7 cm³/mol. The number of rotatable bonds is 7. The molecule has 3 heteroatoms. The molecule has 13 heavy (non-hydrogen) atoms. The van der Waals surface area contributed by atoms with E-state index in [1.807, 2.05) is 6.92 Å². The zero-order chi connectivity index (χ0) is 9.73. The molecule has 1 fully saturated rings. The molecule has 0 bridgehead atoms. The second-order valence-corrected chi connectivity index (χ2v) is 3.92. The normalized spacial score (nSPS) is 18.6. The van der Waals surface area contributed by atoms with Crippen LogP contribution in [0.15, 0.2) is 12.2 Å². The average Bonchev–Trinajstić information content (AvgIpc) is 2.84. The molecule has 1 saturated carbocycles. The average molecular weight is 184 g/mol. The summed E-state index contributed by atoms with van der Waals surface area (Å²) < 4.78 is 5.36. The van der Waals surface area contributed by atoms with E-state index in [0.29, 0.717) is 6.61 Å². The van der Waals surface area contributed by atoms with Gasteiger partial charge in [-0.1, -0.05) is 12.2 Å². The molecule has 0 aromatic heterocycles. The molecule has 0 amide bonds. The van der Waals surface area contributed by atoms with Gasteiger partial charge >= 0.3 is 0 Å². The van der Waals surface area contributed by atoms with Gasteiger partial charge in [-0.3, -0.25) is 0 Å². The third-order valence-corrected chi connectivity index (χ3v) is 2.34. The van der Waals surface area contributed by atoms with Crippen molar-refractivity contribution >= 4 is 0 Å². The molecule has 3 nitrogen and oxygen atoms in total. The highest BCUT2D eigenvalue weighted by molar-refractivity contribution is 5.02. The van der Waals surface area contributed by atoms with Gasteiger partial charge in [-0.2, -0.15) is 0 Å². The summed E-state index contributed by atoms with van der Waals surface area (Å²) in [4.78, 5) is 0. The van der Waals surface area contributed by atoms with Gasteiger partial charge in [-0.05, 0) is 19.8 Å². The minimum atomic E-state index is 0.257. The van der Waals surface area contributed by atoms with E-state index in [1.54, 1.807) is 0 Å². The maximum Gasteiger partial charge on any atom is 0.0672 e. The van der Waals surface area contributed by atoms with E-state index in [-0.39, 0.29) is 5.54 Å². The molecule has 1 aliphatic carbocycles. The lowest BCUT2D eigenvalue weighted by Crippen LogP contribution is -2.40. The van der Waals surface area contributed by atoms with E-state index in [2.05, 4.69) is 11.9 Å². The molecule has 0 atom stereocenters. The Kier molecular flexibility index (Phi) is 3.90. The Bertz CT molecular complexity index is 176. The molecule has 0 saturated heterocycles. The van der Waals surface area contributed by atoms with E-state index in [9.17, 15) is 0 Å². The number of hydrogen-bond donors (Lipinski definition) is 2. The maximum absolute atomic E-state index is 5.61. The number of nitrogens with one attached hydrogen (secondary N) is 1. The summed E-state index contributed by atoms with van der Waals surface area (Å²) >= 11 is 0. The summed E-state index contributed by atoms with van der Waals surface area (Å²) in [5.74, 6) is 0. The van der Waals surface area contributed by atoms with Crippen molar-refractivity contribution in [3.05, 3.63) is 12.2 Å². The van der Waals surface area contributed by atoms with Crippen LogP contribution in [0.3, 0.4) is 0 Å². The largest absolute Gasteiger partial charge is 0.376 e. The Morgan fingerprint density at radius 2 is 2.31 bits per heavy atom. The van der Waals surface area contributed by atoms with E-state index in [1.165, 1.54) is 12.8 Å². The molecule has 1 aliphatic rings. The topological polar surface area (TPSA) is 47.3 Å². The van der Waals surface area contributed by atoms with Crippen molar-refractivity contribution in [2.45, 2.75) is 25.3 Å². The fourth-order valence-corrected chi connectivity index (χ4v) is 1.24. The van der Waals surface area contributed by atoms with Crippen LogP contribution >= 0.6 is 0 Å². The summed E-state index contributed by atoms with van der Waals surface area (Å²) in [7, 11) is 0. The lowest BCUT2D eigenvalue weighted by molar-refractivity contribution is 0.154. The van der Waals surface area contributed by atoms with Crippen LogP contribution in [0.1, 0.15) is 19.8 Å². The monoisotopic (exact) mass is 184 g/mol. The van der Waals surface area contributed by atoms with Crippen LogP contribution in [-0.2, 0) is 4.74 Å². The maximum atomic E-state index is 5.61. The molecule has 0 aliphatic heterocycles. The number of nitrogens with two attached hydrogens (primary N) is 1. The van der Waals surface area contributed by atoms with Crippen LogP contribution < -0.4 is 11.1 Å². The highest BCUT2D eigenvalue weighted by atomic mass is 16.5. The van der Waals surface area contributed by atoms with Gasteiger partial charge in [0.25, 0.3) is 0 Å². The Morgan fingerprint density at radius 1 is 1.62 bits per heavy atom. The molecule has 0 radical (unpaired) electrons. The van der Waals surface area contributed by atoms with Crippen LogP contribution in [-0.4, -0.2) is 31.8 Å². The Balaban J connectivity index is 1.92. The molecule has 0 heterocycles. The standard InChI is InChI=1S/C10H20N2O/c1-9(2)7-13-6-5-12-10(8-11)3-4-10/h12H,1,3-8,11H2,2H3. The fourth-order valence-electron chi connectivity index (χ4n) is 1.24. The SMILES string of the molecule is C=C(C)COCCNC1(CN)CC1. The Morgan fingerprint density at radius 3 is 2.77 bits per heavy atom. The summed E-state index contributed by atoms with van der Waals surface area (Å²) in [5.41, 5.74) is 6.94. The molecule has 0 unspecified atom stereocenters. The Labute approximate surface area is 80.3 Å². The highest BCUT2D eigenvalue weighted by Crippen LogP contribution is 2.33. The molecular formula is C10H20N2O.